The Morgan fingerprint density at radius 3 is 2.57 bits per heavy atom. The van der Waals surface area contributed by atoms with Gasteiger partial charge in [0.25, 0.3) is 0 Å². The molecule has 1 amide bonds. The number of carboxylic acid groups (broad SMARTS) is 1. The molecule has 1 saturated carbocycles. The SMILES string of the molecule is CCCCC[C@](O)(c1ccccc1I)N(C(=O)O)C1CC1. The molecular weight excluding hydrogens is 381 g/mol. The fraction of sp³-hybridized carbons (Fsp3) is 0.562. The minimum atomic E-state index is -1.42. The first kappa shape index (κ1) is 16.5. The quantitative estimate of drug-likeness (QED) is 0.408. The maximum atomic E-state index is 11.7. The normalized spacial score (nSPS) is 17.3. The summed E-state index contributed by atoms with van der Waals surface area (Å²) >= 11 is 2.17. The van der Waals surface area contributed by atoms with Gasteiger partial charge in [0.15, 0.2) is 5.72 Å². The Labute approximate surface area is 139 Å². The molecule has 21 heavy (non-hydrogen) atoms. The van der Waals surface area contributed by atoms with Gasteiger partial charge in [-0.3, -0.25) is 4.90 Å². The van der Waals surface area contributed by atoms with Gasteiger partial charge in [-0.05, 0) is 54.3 Å². The number of halogens is 1. The molecule has 0 aliphatic heterocycles. The second-order valence-corrected chi connectivity index (χ2v) is 6.80. The molecule has 0 saturated heterocycles. The third kappa shape index (κ3) is 3.69. The van der Waals surface area contributed by atoms with Crippen molar-refractivity contribution in [3.63, 3.8) is 0 Å². The van der Waals surface area contributed by atoms with E-state index in [0.717, 1.165) is 35.7 Å². The number of hydrogen-bond donors (Lipinski definition) is 2. The summed E-state index contributed by atoms with van der Waals surface area (Å²) in [4.78, 5) is 13.0. The molecule has 1 aliphatic carbocycles. The van der Waals surface area contributed by atoms with Gasteiger partial charge in [0, 0.05) is 15.2 Å². The number of unbranched alkanes of at least 4 members (excludes halogenated alkanes) is 2. The second kappa shape index (κ2) is 6.96. The summed E-state index contributed by atoms with van der Waals surface area (Å²) in [6, 6.07) is 7.46. The van der Waals surface area contributed by atoms with Crippen LogP contribution >= 0.6 is 22.6 Å². The zero-order valence-corrected chi connectivity index (χ0v) is 14.4. The number of rotatable bonds is 7. The van der Waals surface area contributed by atoms with Crippen molar-refractivity contribution in [3.05, 3.63) is 33.4 Å². The van der Waals surface area contributed by atoms with E-state index in [1.807, 2.05) is 24.3 Å². The van der Waals surface area contributed by atoms with Crippen molar-refractivity contribution in [2.75, 3.05) is 0 Å². The molecule has 116 valence electrons. The van der Waals surface area contributed by atoms with E-state index < -0.39 is 11.8 Å². The van der Waals surface area contributed by atoms with Crippen molar-refractivity contribution in [1.82, 2.24) is 4.90 Å². The van der Waals surface area contributed by atoms with Crippen molar-refractivity contribution in [1.29, 1.82) is 0 Å². The van der Waals surface area contributed by atoms with Crippen LogP contribution in [0.1, 0.15) is 51.0 Å². The number of nitrogens with zero attached hydrogens (tertiary/aromatic N) is 1. The minimum Gasteiger partial charge on any atom is -0.465 e. The van der Waals surface area contributed by atoms with Gasteiger partial charge in [-0.15, -0.1) is 0 Å². The summed E-state index contributed by atoms with van der Waals surface area (Å²) in [6.45, 7) is 2.10. The zero-order chi connectivity index (χ0) is 15.5. The monoisotopic (exact) mass is 403 g/mol. The number of benzene rings is 1. The molecule has 1 fully saturated rings. The Bertz CT molecular complexity index is 504. The molecule has 1 atom stereocenters. The van der Waals surface area contributed by atoms with Gasteiger partial charge < -0.3 is 10.2 Å². The average Bonchev–Trinajstić information content (AvgIpc) is 3.23. The highest BCUT2D eigenvalue weighted by molar-refractivity contribution is 14.1. The fourth-order valence-electron chi connectivity index (χ4n) is 2.74. The molecule has 0 spiro atoms. The Balaban J connectivity index is 2.37. The molecule has 0 bridgehead atoms. The topological polar surface area (TPSA) is 60.8 Å². The van der Waals surface area contributed by atoms with E-state index in [1.54, 1.807) is 0 Å². The highest BCUT2D eigenvalue weighted by atomic mass is 127. The molecule has 5 heteroatoms. The van der Waals surface area contributed by atoms with Crippen molar-refractivity contribution in [3.8, 4) is 0 Å². The zero-order valence-electron chi connectivity index (χ0n) is 12.3. The predicted molar refractivity (Wildman–Crippen MR) is 90.1 cm³/mol. The number of amides is 1. The van der Waals surface area contributed by atoms with Crippen molar-refractivity contribution in [2.24, 2.45) is 0 Å². The van der Waals surface area contributed by atoms with Crippen molar-refractivity contribution in [2.45, 2.75) is 57.2 Å². The van der Waals surface area contributed by atoms with Gasteiger partial charge in [0.1, 0.15) is 0 Å². The molecular formula is C16H22INO3. The second-order valence-electron chi connectivity index (χ2n) is 5.64. The Morgan fingerprint density at radius 2 is 2.05 bits per heavy atom. The molecule has 0 heterocycles. The lowest BCUT2D eigenvalue weighted by molar-refractivity contribution is -0.111. The van der Waals surface area contributed by atoms with E-state index >= 15 is 0 Å². The highest BCUT2D eigenvalue weighted by Gasteiger charge is 2.47. The van der Waals surface area contributed by atoms with E-state index in [1.165, 1.54) is 4.90 Å². The van der Waals surface area contributed by atoms with Gasteiger partial charge >= 0.3 is 6.09 Å². The number of hydrogen-bond acceptors (Lipinski definition) is 2. The van der Waals surface area contributed by atoms with Crippen LogP contribution in [0.25, 0.3) is 0 Å². The van der Waals surface area contributed by atoms with Crippen LogP contribution in [0.4, 0.5) is 4.79 Å². The maximum absolute atomic E-state index is 11.7. The fourth-order valence-corrected chi connectivity index (χ4v) is 3.56. The smallest absolute Gasteiger partial charge is 0.410 e. The van der Waals surface area contributed by atoms with Crippen LogP contribution in [-0.4, -0.2) is 27.2 Å². The molecule has 0 aromatic heterocycles. The highest BCUT2D eigenvalue weighted by Crippen LogP contribution is 2.41. The third-order valence-electron chi connectivity index (χ3n) is 3.95. The van der Waals surface area contributed by atoms with Gasteiger partial charge in [0.05, 0.1) is 0 Å². The van der Waals surface area contributed by atoms with Crippen LogP contribution in [0.5, 0.6) is 0 Å². The van der Waals surface area contributed by atoms with Gasteiger partial charge in [-0.25, -0.2) is 4.79 Å². The maximum Gasteiger partial charge on any atom is 0.410 e. The standard InChI is InChI=1S/C16H22INO3/c1-2-3-6-11-16(21,13-7-4-5-8-14(13)17)18(15(19)20)12-9-10-12/h4-5,7-8,12,21H,2-3,6,9-11H2,1H3,(H,19,20)/t16-/m0/s1. The van der Waals surface area contributed by atoms with Gasteiger partial charge in [0.2, 0.25) is 0 Å². The molecule has 1 aromatic carbocycles. The van der Waals surface area contributed by atoms with E-state index in [2.05, 4.69) is 29.5 Å². The Hall–Kier alpha value is -0.820. The lowest BCUT2D eigenvalue weighted by atomic mass is 9.94. The first-order valence-electron chi connectivity index (χ1n) is 7.50. The largest absolute Gasteiger partial charge is 0.465 e. The van der Waals surface area contributed by atoms with Crippen LogP contribution in [0.15, 0.2) is 24.3 Å². The average molecular weight is 403 g/mol. The van der Waals surface area contributed by atoms with Crippen molar-refractivity contribution >= 4 is 28.7 Å². The molecule has 4 nitrogen and oxygen atoms in total. The Morgan fingerprint density at radius 1 is 1.38 bits per heavy atom. The molecule has 2 N–H and O–H groups in total. The van der Waals surface area contributed by atoms with Crippen LogP contribution in [0, 0.1) is 3.57 Å². The van der Waals surface area contributed by atoms with Crippen LogP contribution < -0.4 is 0 Å². The summed E-state index contributed by atoms with van der Waals surface area (Å²) in [5.74, 6) is 0. The van der Waals surface area contributed by atoms with Gasteiger partial charge in [-0.2, -0.15) is 0 Å². The lowest BCUT2D eigenvalue weighted by Gasteiger charge is -2.39. The predicted octanol–water partition coefficient (Wildman–Crippen LogP) is 4.16. The summed E-state index contributed by atoms with van der Waals surface area (Å²) < 4.78 is 0.904. The molecule has 2 rings (SSSR count). The van der Waals surface area contributed by atoms with E-state index in [9.17, 15) is 15.0 Å². The van der Waals surface area contributed by atoms with Gasteiger partial charge in [-0.1, -0.05) is 38.0 Å². The molecule has 1 aliphatic rings. The molecule has 0 radical (unpaired) electrons. The molecule has 0 unspecified atom stereocenters. The van der Waals surface area contributed by atoms with Crippen molar-refractivity contribution < 1.29 is 15.0 Å². The third-order valence-corrected chi connectivity index (χ3v) is 4.89. The molecule has 1 aromatic rings. The summed E-state index contributed by atoms with van der Waals surface area (Å²) in [7, 11) is 0. The minimum absolute atomic E-state index is 0.0508. The first-order chi connectivity index (χ1) is 10.0. The van der Waals surface area contributed by atoms with Crippen LogP contribution in [-0.2, 0) is 5.72 Å². The number of aliphatic hydroxyl groups is 1. The van der Waals surface area contributed by atoms with E-state index in [4.69, 9.17) is 0 Å². The number of carbonyl (C=O) groups is 1. The van der Waals surface area contributed by atoms with E-state index in [0.29, 0.717) is 12.0 Å². The first-order valence-corrected chi connectivity index (χ1v) is 8.58. The Kier molecular flexibility index (Phi) is 5.48. The summed E-state index contributed by atoms with van der Waals surface area (Å²) in [5, 5.41) is 20.9. The summed E-state index contributed by atoms with van der Waals surface area (Å²) in [6.07, 6.45) is 3.94. The lowest BCUT2D eigenvalue weighted by Crippen LogP contribution is -2.50. The summed E-state index contributed by atoms with van der Waals surface area (Å²) in [5.41, 5.74) is -0.712. The van der Waals surface area contributed by atoms with Crippen LogP contribution in [0.2, 0.25) is 0 Å². The van der Waals surface area contributed by atoms with E-state index in [-0.39, 0.29) is 6.04 Å². The van der Waals surface area contributed by atoms with Crippen LogP contribution in [0.3, 0.4) is 0 Å².